The van der Waals surface area contributed by atoms with E-state index in [0.717, 1.165) is 17.3 Å². The Labute approximate surface area is 132 Å². The van der Waals surface area contributed by atoms with Gasteiger partial charge in [-0.1, -0.05) is 32.8 Å². The number of hydrogen-bond donors (Lipinski definition) is 0. The van der Waals surface area contributed by atoms with E-state index in [0.29, 0.717) is 17.8 Å². The summed E-state index contributed by atoms with van der Waals surface area (Å²) in [5.41, 5.74) is 3.65. The van der Waals surface area contributed by atoms with Crippen LogP contribution in [-0.2, 0) is 5.88 Å². The lowest BCUT2D eigenvalue weighted by Gasteiger charge is -2.36. The first kappa shape index (κ1) is 14.9. The van der Waals surface area contributed by atoms with Gasteiger partial charge in [-0.05, 0) is 49.3 Å². The van der Waals surface area contributed by atoms with Gasteiger partial charge in [-0.3, -0.25) is 0 Å². The highest BCUT2D eigenvalue weighted by molar-refractivity contribution is 6.16. The fraction of sp³-hybridized carbons (Fsp3) is 0.611. The number of hydrogen-bond acceptors (Lipinski definition) is 1. The summed E-state index contributed by atoms with van der Waals surface area (Å²) in [4.78, 5) is 4.77. The van der Waals surface area contributed by atoms with Gasteiger partial charge in [0.15, 0.2) is 0 Å². The molecule has 2 atom stereocenters. The number of rotatable bonds is 3. The van der Waals surface area contributed by atoms with Crippen LogP contribution in [0.15, 0.2) is 18.2 Å². The molecule has 1 aliphatic carbocycles. The molecule has 3 rings (SSSR count). The van der Waals surface area contributed by atoms with Crippen LogP contribution in [0.4, 0.5) is 0 Å². The standard InChI is InChI=1S/C18H25ClN2/c1-12(2)14-6-4-5-7-16(14)21-17-10-13(3)8-9-15(17)20-18(21)11-19/h8-10,12,14,16H,4-7,11H2,1-3H3. The molecule has 21 heavy (non-hydrogen) atoms. The first-order chi connectivity index (χ1) is 10.1. The average molecular weight is 305 g/mol. The Morgan fingerprint density at radius 3 is 2.76 bits per heavy atom. The van der Waals surface area contributed by atoms with E-state index in [1.807, 2.05) is 0 Å². The molecule has 2 aromatic rings. The molecule has 0 bridgehead atoms. The summed E-state index contributed by atoms with van der Waals surface area (Å²) in [7, 11) is 0. The van der Waals surface area contributed by atoms with Crippen molar-refractivity contribution in [1.29, 1.82) is 0 Å². The molecular formula is C18H25ClN2. The van der Waals surface area contributed by atoms with Crippen molar-refractivity contribution in [2.45, 2.75) is 58.4 Å². The molecular weight excluding hydrogens is 280 g/mol. The lowest BCUT2D eigenvalue weighted by atomic mass is 9.77. The second kappa shape index (κ2) is 6.00. The molecule has 1 aromatic carbocycles. The predicted octanol–water partition coefficient (Wildman–Crippen LogP) is 5.47. The van der Waals surface area contributed by atoms with Crippen LogP contribution in [0.3, 0.4) is 0 Å². The smallest absolute Gasteiger partial charge is 0.125 e. The van der Waals surface area contributed by atoms with E-state index in [9.17, 15) is 0 Å². The van der Waals surface area contributed by atoms with Crippen LogP contribution < -0.4 is 0 Å². The lowest BCUT2D eigenvalue weighted by molar-refractivity contribution is 0.185. The zero-order valence-electron chi connectivity index (χ0n) is 13.3. The summed E-state index contributed by atoms with van der Waals surface area (Å²) >= 11 is 6.21. The molecule has 0 saturated heterocycles. The van der Waals surface area contributed by atoms with Gasteiger partial charge in [-0.25, -0.2) is 4.98 Å². The Hall–Kier alpha value is -1.02. The summed E-state index contributed by atoms with van der Waals surface area (Å²) < 4.78 is 2.46. The molecule has 0 amide bonds. The van der Waals surface area contributed by atoms with E-state index in [1.54, 1.807) is 0 Å². The molecule has 1 aliphatic rings. The second-order valence-corrected chi connectivity index (χ2v) is 7.05. The second-order valence-electron chi connectivity index (χ2n) is 6.78. The molecule has 3 heteroatoms. The first-order valence-electron chi connectivity index (χ1n) is 8.15. The van der Waals surface area contributed by atoms with Crippen LogP contribution in [0.1, 0.15) is 57.0 Å². The minimum Gasteiger partial charge on any atom is -0.324 e. The molecule has 2 unspecified atom stereocenters. The number of alkyl halides is 1. The van der Waals surface area contributed by atoms with Gasteiger partial charge in [0.25, 0.3) is 0 Å². The summed E-state index contributed by atoms with van der Waals surface area (Å²) in [5, 5.41) is 0. The maximum Gasteiger partial charge on any atom is 0.125 e. The Bertz CT molecular complexity index is 629. The van der Waals surface area contributed by atoms with Crippen LogP contribution in [0.2, 0.25) is 0 Å². The largest absolute Gasteiger partial charge is 0.324 e. The summed E-state index contributed by atoms with van der Waals surface area (Å²) in [6, 6.07) is 7.09. The van der Waals surface area contributed by atoms with Gasteiger partial charge >= 0.3 is 0 Å². The van der Waals surface area contributed by atoms with Gasteiger partial charge in [0, 0.05) is 6.04 Å². The molecule has 0 spiro atoms. The molecule has 1 aromatic heterocycles. The van der Waals surface area contributed by atoms with Gasteiger partial charge in [0.1, 0.15) is 5.82 Å². The summed E-state index contributed by atoms with van der Waals surface area (Å²) in [5.74, 6) is 2.98. The monoisotopic (exact) mass is 304 g/mol. The predicted molar refractivity (Wildman–Crippen MR) is 89.9 cm³/mol. The fourth-order valence-electron chi connectivity index (χ4n) is 3.96. The number of halogens is 1. The number of nitrogens with zero attached hydrogens (tertiary/aromatic N) is 2. The lowest BCUT2D eigenvalue weighted by Crippen LogP contribution is -2.28. The van der Waals surface area contributed by atoms with Gasteiger partial charge < -0.3 is 4.57 Å². The Morgan fingerprint density at radius 2 is 2.05 bits per heavy atom. The van der Waals surface area contributed by atoms with Crippen LogP contribution in [0.5, 0.6) is 0 Å². The highest BCUT2D eigenvalue weighted by Crippen LogP contribution is 2.41. The summed E-state index contributed by atoms with van der Waals surface area (Å²) in [6.07, 6.45) is 5.27. The molecule has 0 N–H and O–H groups in total. The van der Waals surface area contributed by atoms with E-state index in [4.69, 9.17) is 16.6 Å². The van der Waals surface area contributed by atoms with Crippen molar-refractivity contribution < 1.29 is 0 Å². The molecule has 2 nitrogen and oxygen atoms in total. The van der Waals surface area contributed by atoms with Crippen molar-refractivity contribution in [3.63, 3.8) is 0 Å². The van der Waals surface area contributed by atoms with Crippen molar-refractivity contribution in [3.8, 4) is 0 Å². The van der Waals surface area contributed by atoms with Crippen molar-refractivity contribution >= 4 is 22.6 Å². The number of imidazole rings is 1. The van der Waals surface area contributed by atoms with Crippen molar-refractivity contribution in [2.24, 2.45) is 11.8 Å². The minimum atomic E-state index is 0.495. The number of benzene rings is 1. The average Bonchev–Trinajstić information content (AvgIpc) is 2.84. The normalized spacial score (nSPS) is 23.1. The quantitative estimate of drug-likeness (QED) is 0.687. The van der Waals surface area contributed by atoms with E-state index >= 15 is 0 Å². The van der Waals surface area contributed by atoms with Crippen LogP contribution >= 0.6 is 11.6 Å². The number of aromatic nitrogens is 2. The van der Waals surface area contributed by atoms with Crippen molar-refractivity contribution in [2.75, 3.05) is 0 Å². The maximum absolute atomic E-state index is 6.21. The third-order valence-electron chi connectivity index (χ3n) is 5.01. The molecule has 0 aliphatic heterocycles. The van der Waals surface area contributed by atoms with Gasteiger partial charge in [0.2, 0.25) is 0 Å². The van der Waals surface area contributed by atoms with Crippen molar-refractivity contribution in [1.82, 2.24) is 9.55 Å². The molecule has 0 radical (unpaired) electrons. The van der Waals surface area contributed by atoms with Gasteiger partial charge in [-0.15, -0.1) is 11.6 Å². The Balaban J connectivity index is 2.14. The topological polar surface area (TPSA) is 17.8 Å². The van der Waals surface area contributed by atoms with Gasteiger partial charge in [0.05, 0.1) is 16.9 Å². The Morgan fingerprint density at radius 1 is 1.29 bits per heavy atom. The zero-order valence-corrected chi connectivity index (χ0v) is 14.0. The zero-order chi connectivity index (χ0) is 15.0. The molecule has 1 saturated carbocycles. The van der Waals surface area contributed by atoms with E-state index in [-0.39, 0.29) is 0 Å². The highest BCUT2D eigenvalue weighted by Gasteiger charge is 2.31. The third kappa shape index (κ3) is 2.70. The van der Waals surface area contributed by atoms with E-state index in [2.05, 4.69) is 43.5 Å². The number of fused-ring (bicyclic) bond motifs is 1. The molecule has 1 fully saturated rings. The first-order valence-corrected chi connectivity index (χ1v) is 8.68. The highest BCUT2D eigenvalue weighted by atomic mass is 35.5. The minimum absolute atomic E-state index is 0.495. The molecule has 1 heterocycles. The molecule has 114 valence electrons. The third-order valence-corrected chi connectivity index (χ3v) is 5.25. The van der Waals surface area contributed by atoms with Crippen LogP contribution in [0, 0.1) is 18.8 Å². The van der Waals surface area contributed by atoms with Crippen molar-refractivity contribution in [3.05, 3.63) is 29.6 Å². The van der Waals surface area contributed by atoms with E-state index in [1.165, 1.54) is 36.8 Å². The summed E-state index contributed by atoms with van der Waals surface area (Å²) in [6.45, 7) is 6.86. The maximum atomic E-state index is 6.21. The Kier molecular flexibility index (Phi) is 4.26. The fourth-order valence-corrected chi connectivity index (χ4v) is 4.14. The van der Waals surface area contributed by atoms with Crippen LogP contribution in [0.25, 0.3) is 11.0 Å². The van der Waals surface area contributed by atoms with E-state index < -0.39 is 0 Å². The SMILES string of the molecule is Cc1ccc2nc(CCl)n(C3CCCCC3C(C)C)c2c1. The van der Waals surface area contributed by atoms with Gasteiger partial charge in [-0.2, -0.15) is 0 Å². The number of aryl methyl sites for hydroxylation is 1. The van der Waals surface area contributed by atoms with Crippen LogP contribution in [-0.4, -0.2) is 9.55 Å².